The zero-order valence-electron chi connectivity index (χ0n) is 11.3. The van der Waals surface area contributed by atoms with Crippen molar-refractivity contribution in [2.45, 2.75) is 26.0 Å². The van der Waals surface area contributed by atoms with Crippen LogP contribution in [0.15, 0.2) is 36.9 Å². The third-order valence-corrected chi connectivity index (χ3v) is 2.71. The van der Waals surface area contributed by atoms with Crippen LogP contribution in [0.1, 0.15) is 18.1 Å². The van der Waals surface area contributed by atoms with Crippen LogP contribution >= 0.6 is 0 Å². The highest BCUT2D eigenvalue weighted by Gasteiger charge is 2.06. The topological polar surface area (TPSA) is 58.6 Å². The normalized spacial score (nSPS) is 12.1. The highest BCUT2D eigenvalue weighted by atomic mass is 16.5. The van der Waals surface area contributed by atoms with Crippen LogP contribution in [0.5, 0.6) is 0 Å². The molecule has 1 rings (SSSR count). The second kappa shape index (κ2) is 8.45. The molecule has 1 atom stereocenters. The first-order chi connectivity index (χ1) is 9.13. The SMILES string of the molecule is C=CCOC(C)CNCc1ccccc1CC(=O)O. The Morgan fingerprint density at radius 2 is 2.16 bits per heavy atom. The largest absolute Gasteiger partial charge is 0.481 e. The molecule has 4 nitrogen and oxygen atoms in total. The first-order valence-corrected chi connectivity index (χ1v) is 6.35. The number of benzene rings is 1. The van der Waals surface area contributed by atoms with Crippen molar-refractivity contribution in [1.82, 2.24) is 5.32 Å². The van der Waals surface area contributed by atoms with E-state index in [1.54, 1.807) is 6.08 Å². The van der Waals surface area contributed by atoms with Crippen LogP contribution in [0.3, 0.4) is 0 Å². The van der Waals surface area contributed by atoms with Gasteiger partial charge in [-0.3, -0.25) is 4.79 Å². The van der Waals surface area contributed by atoms with Crippen LogP contribution in [-0.2, 0) is 22.5 Å². The molecule has 1 aromatic carbocycles. The molecule has 2 N–H and O–H groups in total. The molecule has 0 amide bonds. The third kappa shape index (κ3) is 6.18. The predicted octanol–water partition coefficient (Wildman–Crippen LogP) is 1.99. The quantitative estimate of drug-likeness (QED) is 0.669. The lowest BCUT2D eigenvalue weighted by molar-refractivity contribution is -0.136. The maximum atomic E-state index is 10.8. The first kappa shape index (κ1) is 15.4. The van der Waals surface area contributed by atoms with E-state index in [4.69, 9.17) is 9.84 Å². The molecule has 0 heterocycles. The molecule has 0 saturated heterocycles. The maximum Gasteiger partial charge on any atom is 0.307 e. The van der Waals surface area contributed by atoms with Gasteiger partial charge in [0.2, 0.25) is 0 Å². The molecule has 0 saturated carbocycles. The number of hydrogen-bond acceptors (Lipinski definition) is 3. The molecule has 0 fully saturated rings. The minimum atomic E-state index is -0.810. The Morgan fingerprint density at radius 1 is 1.47 bits per heavy atom. The number of carboxylic acids is 1. The van der Waals surface area contributed by atoms with Crippen molar-refractivity contribution in [1.29, 1.82) is 0 Å². The van der Waals surface area contributed by atoms with E-state index in [1.165, 1.54) is 0 Å². The second-order valence-electron chi connectivity index (χ2n) is 4.40. The molecule has 0 aromatic heterocycles. The number of carboxylic acid groups (broad SMARTS) is 1. The summed E-state index contributed by atoms with van der Waals surface area (Å²) in [4.78, 5) is 10.8. The molecule has 1 unspecified atom stereocenters. The Labute approximate surface area is 114 Å². The summed E-state index contributed by atoms with van der Waals surface area (Å²) in [6, 6.07) is 7.57. The average Bonchev–Trinajstić information content (AvgIpc) is 2.38. The summed E-state index contributed by atoms with van der Waals surface area (Å²) in [6.07, 6.45) is 1.88. The zero-order chi connectivity index (χ0) is 14.1. The summed E-state index contributed by atoms with van der Waals surface area (Å²) < 4.78 is 5.45. The summed E-state index contributed by atoms with van der Waals surface area (Å²) in [5.41, 5.74) is 1.86. The molecule has 0 aliphatic rings. The molecule has 0 radical (unpaired) electrons. The lowest BCUT2D eigenvalue weighted by Crippen LogP contribution is -2.27. The molecule has 104 valence electrons. The number of carbonyl (C=O) groups is 1. The lowest BCUT2D eigenvalue weighted by Gasteiger charge is -2.14. The van der Waals surface area contributed by atoms with Crippen molar-refractivity contribution in [3.05, 3.63) is 48.0 Å². The van der Waals surface area contributed by atoms with E-state index < -0.39 is 5.97 Å². The Bertz CT molecular complexity index is 418. The minimum Gasteiger partial charge on any atom is -0.481 e. The molecule has 0 aliphatic carbocycles. The van der Waals surface area contributed by atoms with Crippen LogP contribution in [0, 0.1) is 0 Å². The Hall–Kier alpha value is -1.65. The lowest BCUT2D eigenvalue weighted by atomic mass is 10.0. The molecule has 0 bridgehead atoms. The van der Waals surface area contributed by atoms with Crippen LogP contribution in [-0.4, -0.2) is 30.3 Å². The van der Waals surface area contributed by atoms with Gasteiger partial charge in [0, 0.05) is 13.1 Å². The van der Waals surface area contributed by atoms with Crippen LogP contribution < -0.4 is 5.32 Å². The number of rotatable bonds is 9. The van der Waals surface area contributed by atoms with Crippen LogP contribution in [0.25, 0.3) is 0 Å². The fourth-order valence-corrected chi connectivity index (χ4v) is 1.77. The van der Waals surface area contributed by atoms with E-state index in [0.29, 0.717) is 13.2 Å². The van der Waals surface area contributed by atoms with Gasteiger partial charge in [0.05, 0.1) is 19.1 Å². The third-order valence-electron chi connectivity index (χ3n) is 2.71. The summed E-state index contributed by atoms with van der Waals surface area (Å²) in [7, 11) is 0. The van der Waals surface area contributed by atoms with Crippen molar-refractivity contribution >= 4 is 5.97 Å². The van der Waals surface area contributed by atoms with Gasteiger partial charge in [0.15, 0.2) is 0 Å². The second-order valence-corrected chi connectivity index (χ2v) is 4.40. The molecular formula is C15H21NO3. The monoisotopic (exact) mass is 263 g/mol. The van der Waals surface area contributed by atoms with Gasteiger partial charge in [-0.25, -0.2) is 0 Å². The molecule has 19 heavy (non-hydrogen) atoms. The highest BCUT2D eigenvalue weighted by Crippen LogP contribution is 2.09. The molecule has 1 aromatic rings. The summed E-state index contributed by atoms with van der Waals surface area (Å²) >= 11 is 0. The summed E-state index contributed by atoms with van der Waals surface area (Å²) in [6.45, 7) is 7.49. The fraction of sp³-hybridized carbons (Fsp3) is 0.400. The molecule has 4 heteroatoms. The Kier molecular flexibility index (Phi) is 6.85. The fourth-order valence-electron chi connectivity index (χ4n) is 1.77. The van der Waals surface area contributed by atoms with Crippen molar-refractivity contribution in [3.8, 4) is 0 Å². The first-order valence-electron chi connectivity index (χ1n) is 6.35. The Balaban J connectivity index is 2.44. The van der Waals surface area contributed by atoms with Crippen molar-refractivity contribution in [2.24, 2.45) is 0 Å². The van der Waals surface area contributed by atoms with Gasteiger partial charge in [0.25, 0.3) is 0 Å². The van der Waals surface area contributed by atoms with Gasteiger partial charge in [-0.2, -0.15) is 0 Å². The maximum absolute atomic E-state index is 10.8. The van der Waals surface area contributed by atoms with Crippen molar-refractivity contribution < 1.29 is 14.6 Å². The average molecular weight is 263 g/mol. The van der Waals surface area contributed by atoms with E-state index in [1.807, 2.05) is 31.2 Å². The van der Waals surface area contributed by atoms with Gasteiger partial charge in [0.1, 0.15) is 0 Å². The number of hydrogen-bond donors (Lipinski definition) is 2. The van der Waals surface area contributed by atoms with Crippen molar-refractivity contribution in [2.75, 3.05) is 13.2 Å². The summed E-state index contributed by atoms with van der Waals surface area (Å²) in [5, 5.41) is 12.1. The summed E-state index contributed by atoms with van der Waals surface area (Å²) in [5.74, 6) is -0.810. The van der Waals surface area contributed by atoms with E-state index >= 15 is 0 Å². The number of ether oxygens (including phenoxy) is 1. The van der Waals surface area contributed by atoms with E-state index in [-0.39, 0.29) is 12.5 Å². The van der Waals surface area contributed by atoms with Crippen LogP contribution in [0.2, 0.25) is 0 Å². The number of nitrogens with one attached hydrogen (secondary N) is 1. The van der Waals surface area contributed by atoms with Gasteiger partial charge in [-0.1, -0.05) is 30.3 Å². The minimum absolute atomic E-state index is 0.0559. The molecule has 0 aliphatic heterocycles. The van der Waals surface area contributed by atoms with E-state index in [0.717, 1.165) is 17.7 Å². The van der Waals surface area contributed by atoms with E-state index in [9.17, 15) is 4.79 Å². The van der Waals surface area contributed by atoms with Gasteiger partial charge < -0.3 is 15.2 Å². The standard InChI is InChI=1S/C15H21NO3/c1-3-8-19-12(2)10-16-11-14-7-5-4-6-13(14)9-15(17)18/h3-7,12,16H,1,8-11H2,2H3,(H,17,18). The predicted molar refractivity (Wildman–Crippen MR) is 75.1 cm³/mol. The molecular weight excluding hydrogens is 242 g/mol. The van der Waals surface area contributed by atoms with Crippen LogP contribution in [0.4, 0.5) is 0 Å². The number of aliphatic carboxylic acids is 1. The highest BCUT2D eigenvalue weighted by molar-refractivity contribution is 5.70. The zero-order valence-corrected chi connectivity index (χ0v) is 11.3. The van der Waals surface area contributed by atoms with Gasteiger partial charge in [-0.05, 0) is 18.1 Å². The molecule has 0 spiro atoms. The van der Waals surface area contributed by atoms with Gasteiger partial charge >= 0.3 is 5.97 Å². The smallest absolute Gasteiger partial charge is 0.307 e. The Morgan fingerprint density at radius 3 is 2.79 bits per heavy atom. The van der Waals surface area contributed by atoms with Gasteiger partial charge in [-0.15, -0.1) is 6.58 Å². The van der Waals surface area contributed by atoms with Crippen molar-refractivity contribution in [3.63, 3.8) is 0 Å². The van der Waals surface area contributed by atoms with E-state index in [2.05, 4.69) is 11.9 Å².